The van der Waals surface area contributed by atoms with Crippen LogP contribution in [0.5, 0.6) is 0 Å². The van der Waals surface area contributed by atoms with Gasteiger partial charge >= 0.3 is 0 Å². The SMILES string of the molecule is Cc1c(C)n(C)cnc1=O. The third kappa shape index (κ3) is 0.943. The van der Waals surface area contributed by atoms with E-state index in [1.165, 1.54) is 6.33 Å². The second-order valence-corrected chi connectivity index (χ2v) is 2.37. The monoisotopic (exact) mass is 138 g/mol. The standard InChI is InChI=1S/C7H10N2O/c1-5-6(2)9(3)4-8-7(5)10/h4H,1-3H3. The Labute approximate surface area is 59.3 Å². The van der Waals surface area contributed by atoms with Crippen molar-refractivity contribution in [2.75, 3.05) is 0 Å². The van der Waals surface area contributed by atoms with E-state index in [0.29, 0.717) is 0 Å². The zero-order valence-electron chi connectivity index (χ0n) is 6.38. The maximum absolute atomic E-state index is 10.9. The van der Waals surface area contributed by atoms with Gasteiger partial charge in [0, 0.05) is 18.3 Å². The number of aryl methyl sites for hydroxylation is 1. The minimum absolute atomic E-state index is 0.129. The molecule has 3 nitrogen and oxygen atoms in total. The van der Waals surface area contributed by atoms with Crippen LogP contribution in [0.15, 0.2) is 11.1 Å². The second kappa shape index (κ2) is 2.25. The molecule has 0 N–H and O–H groups in total. The van der Waals surface area contributed by atoms with E-state index >= 15 is 0 Å². The zero-order valence-corrected chi connectivity index (χ0v) is 6.38. The first-order chi connectivity index (χ1) is 4.63. The molecule has 1 aromatic rings. The molecule has 0 aliphatic carbocycles. The van der Waals surface area contributed by atoms with Crippen molar-refractivity contribution in [3.05, 3.63) is 27.9 Å². The van der Waals surface area contributed by atoms with Crippen molar-refractivity contribution >= 4 is 0 Å². The van der Waals surface area contributed by atoms with E-state index in [2.05, 4.69) is 4.98 Å². The number of hydrogen-bond acceptors (Lipinski definition) is 2. The summed E-state index contributed by atoms with van der Waals surface area (Å²) in [4.78, 5) is 14.5. The van der Waals surface area contributed by atoms with Crippen molar-refractivity contribution in [1.82, 2.24) is 9.55 Å². The molecule has 0 aliphatic rings. The average Bonchev–Trinajstić information content (AvgIpc) is 1.93. The summed E-state index contributed by atoms with van der Waals surface area (Å²) in [5, 5.41) is 0. The van der Waals surface area contributed by atoms with Crippen molar-refractivity contribution in [2.45, 2.75) is 13.8 Å². The summed E-state index contributed by atoms with van der Waals surface area (Å²) in [6, 6.07) is 0. The Morgan fingerprint density at radius 1 is 1.50 bits per heavy atom. The summed E-state index contributed by atoms with van der Waals surface area (Å²) < 4.78 is 1.83. The van der Waals surface area contributed by atoms with Crippen LogP contribution in [0.25, 0.3) is 0 Å². The summed E-state index contributed by atoms with van der Waals surface area (Å²) in [6.07, 6.45) is 1.53. The van der Waals surface area contributed by atoms with Gasteiger partial charge < -0.3 is 4.57 Å². The third-order valence-corrected chi connectivity index (χ3v) is 1.74. The average molecular weight is 138 g/mol. The van der Waals surface area contributed by atoms with Gasteiger partial charge in [0.25, 0.3) is 5.56 Å². The Hall–Kier alpha value is -1.12. The van der Waals surface area contributed by atoms with Gasteiger partial charge in [0.05, 0.1) is 6.33 Å². The molecule has 0 atom stereocenters. The molecule has 0 saturated carbocycles. The van der Waals surface area contributed by atoms with Gasteiger partial charge in [-0.25, -0.2) is 0 Å². The third-order valence-electron chi connectivity index (χ3n) is 1.74. The van der Waals surface area contributed by atoms with E-state index in [1.54, 1.807) is 6.92 Å². The number of hydrogen-bond donors (Lipinski definition) is 0. The van der Waals surface area contributed by atoms with Gasteiger partial charge in [-0.1, -0.05) is 0 Å². The molecule has 1 aromatic heterocycles. The maximum atomic E-state index is 10.9. The fourth-order valence-corrected chi connectivity index (χ4v) is 0.742. The van der Waals surface area contributed by atoms with E-state index in [0.717, 1.165) is 11.3 Å². The van der Waals surface area contributed by atoms with Crippen LogP contribution in [0.2, 0.25) is 0 Å². The first-order valence-corrected chi connectivity index (χ1v) is 3.11. The normalized spacial score (nSPS) is 9.90. The lowest BCUT2D eigenvalue weighted by Crippen LogP contribution is -2.15. The van der Waals surface area contributed by atoms with Crippen LogP contribution in [0.3, 0.4) is 0 Å². The van der Waals surface area contributed by atoms with E-state index < -0.39 is 0 Å². The number of nitrogens with zero attached hydrogens (tertiary/aromatic N) is 2. The van der Waals surface area contributed by atoms with Gasteiger partial charge in [0.1, 0.15) is 0 Å². The van der Waals surface area contributed by atoms with Gasteiger partial charge in [0.2, 0.25) is 0 Å². The molecular weight excluding hydrogens is 128 g/mol. The largest absolute Gasteiger partial charge is 0.339 e. The topological polar surface area (TPSA) is 34.9 Å². The fourth-order valence-electron chi connectivity index (χ4n) is 0.742. The van der Waals surface area contributed by atoms with Crippen LogP contribution in [0.4, 0.5) is 0 Å². The van der Waals surface area contributed by atoms with Crippen molar-refractivity contribution in [1.29, 1.82) is 0 Å². The molecule has 0 amide bonds. The summed E-state index contributed by atoms with van der Waals surface area (Å²) in [6.45, 7) is 3.68. The highest BCUT2D eigenvalue weighted by Crippen LogP contribution is 1.95. The summed E-state index contributed by atoms with van der Waals surface area (Å²) >= 11 is 0. The molecule has 0 fully saturated rings. The molecule has 10 heavy (non-hydrogen) atoms. The van der Waals surface area contributed by atoms with Crippen LogP contribution < -0.4 is 5.56 Å². The van der Waals surface area contributed by atoms with Crippen LogP contribution in [-0.2, 0) is 7.05 Å². The minimum atomic E-state index is -0.129. The summed E-state index contributed by atoms with van der Waals surface area (Å²) in [7, 11) is 1.87. The lowest BCUT2D eigenvalue weighted by atomic mass is 10.3. The first-order valence-electron chi connectivity index (χ1n) is 3.11. The van der Waals surface area contributed by atoms with Gasteiger partial charge in [-0.3, -0.25) is 4.79 Å². The van der Waals surface area contributed by atoms with Crippen LogP contribution in [0, 0.1) is 13.8 Å². The Balaban J connectivity index is 3.49. The van der Waals surface area contributed by atoms with Gasteiger partial charge in [0.15, 0.2) is 0 Å². The van der Waals surface area contributed by atoms with E-state index in [1.807, 2.05) is 18.5 Å². The molecule has 0 saturated heterocycles. The predicted octanol–water partition coefficient (Wildman–Crippen LogP) is 0.397. The number of rotatable bonds is 0. The molecule has 0 aliphatic heterocycles. The van der Waals surface area contributed by atoms with Gasteiger partial charge in [-0.05, 0) is 13.8 Å². The lowest BCUT2D eigenvalue weighted by molar-refractivity contribution is 0.798. The molecule has 54 valence electrons. The van der Waals surface area contributed by atoms with Gasteiger partial charge in [-0.15, -0.1) is 0 Å². The highest BCUT2D eigenvalue weighted by Gasteiger charge is 1.98. The van der Waals surface area contributed by atoms with Crippen LogP contribution in [0.1, 0.15) is 11.3 Å². The highest BCUT2D eigenvalue weighted by molar-refractivity contribution is 5.12. The molecule has 0 aromatic carbocycles. The Kier molecular flexibility index (Phi) is 1.57. The lowest BCUT2D eigenvalue weighted by Gasteiger charge is -2.03. The van der Waals surface area contributed by atoms with Crippen molar-refractivity contribution < 1.29 is 0 Å². The molecule has 0 bridgehead atoms. The Morgan fingerprint density at radius 3 is 2.60 bits per heavy atom. The zero-order chi connectivity index (χ0) is 7.72. The minimum Gasteiger partial charge on any atom is -0.339 e. The predicted molar refractivity (Wildman–Crippen MR) is 39.0 cm³/mol. The second-order valence-electron chi connectivity index (χ2n) is 2.37. The Morgan fingerprint density at radius 2 is 2.10 bits per heavy atom. The van der Waals surface area contributed by atoms with Gasteiger partial charge in [-0.2, -0.15) is 4.98 Å². The summed E-state index contributed by atoms with van der Waals surface area (Å²) in [5.41, 5.74) is 1.57. The highest BCUT2D eigenvalue weighted by atomic mass is 16.1. The Bertz CT molecular complexity index is 301. The summed E-state index contributed by atoms with van der Waals surface area (Å²) in [5.74, 6) is 0. The molecular formula is C7H10N2O. The van der Waals surface area contributed by atoms with E-state index in [-0.39, 0.29) is 5.56 Å². The molecule has 0 radical (unpaired) electrons. The van der Waals surface area contributed by atoms with Crippen molar-refractivity contribution in [3.8, 4) is 0 Å². The molecule has 0 spiro atoms. The quantitative estimate of drug-likeness (QED) is 0.520. The molecule has 3 heteroatoms. The van der Waals surface area contributed by atoms with E-state index in [9.17, 15) is 4.79 Å². The van der Waals surface area contributed by atoms with E-state index in [4.69, 9.17) is 0 Å². The smallest absolute Gasteiger partial charge is 0.275 e. The fraction of sp³-hybridized carbons (Fsp3) is 0.429. The molecule has 1 rings (SSSR count). The number of aromatic nitrogens is 2. The van der Waals surface area contributed by atoms with Crippen molar-refractivity contribution in [3.63, 3.8) is 0 Å². The van der Waals surface area contributed by atoms with Crippen LogP contribution >= 0.6 is 0 Å². The van der Waals surface area contributed by atoms with Crippen LogP contribution in [-0.4, -0.2) is 9.55 Å². The molecule has 1 heterocycles. The molecule has 0 unspecified atom stereocenters. The first kappa shape index (κ1) is 6.99. The van der Waals surface area contributed by atoms with Crippen molar-refractivity contribution in [2.24, 2.45) is 7.05 Å². The maximum Gasteiger partial charge on any atom is 0.275 e.